The maximum atomic E-state index is 13.4. The Morgan fingerprint density at radius 1 is 1.53 bits per heavy atom. The zero-order valence-corrected chi connectivity index (χ0v) is 11.6. The third-order valence-corrected chi connectivity index (χ3v) is 3.23. The second-order valence-electron chi connectivity index (χ2n) is 4.50. The third kappa shape index (κ3) is 2.23. The van der Waals surface area contributed by atoms with Crippen LogP contribution in [0.2, 0.25) is 5.02 Å². The van der Waals surface area contributed by atoms with Crippen LogP contribution in [0.5, 0.6) is 0 Å². The molecule has 0 aliphatic carbocycles. The topological polar surface area (TPSA) is 64.2 Å². The summed E-state index contributed by atoms with van der Waals surface area (Å²) in [6, 6.07) is 2.09. The Morgan fingerprint density at radius 2 is 2.16 bits per heavy atom. The summed E-state index contributed by atoms with van der Waals surface area (Å²) < 4.78 is 14.9. The fourth-order valence-electron chi connectivity index (χ4n) is 2.00. The number of nitrogens with zero attached hydrogens (tertiary/aromatic N) is 3. The maximum absolute atomic E-state index is 13.4. The molecule has 1 unspecified atom stereocenters. The molecule has 19 heavy (non-hydrogen) atoms. The van der Waals surface area contributed by atoms with Crippen LogP contribution in [0.4, 0.5) is 10.3 Å². The van der Waals surface area contributed by atoms with E-state index in [0.29, 0.717) is 11.0 Å². The average Bonchev–Trinajstić information content (AvgIpc) is 2.63. The summed E-state index contributed by atoms with van der Waals surface area (Å²) in [5.41, 5.74) is 6.71. The molecule has 0 saturated heterocycles. The van der Waals surface area contributed by atoms with Gasteiger partial charge < -0.3 is 10.6 Å². The fraction of sp³-hybridized carbons (Fsp3) is 0.333. The molecule has 0 radical (unpaired) electrons. The van der Waals surface area contributed by atoms with Crippen molar-refractivity contribution >= 4 is 34.5 Å². The number of carbonyl (C=O) groups excluding carboxylic acids is 1. The lowest BCUT2D eigenvalue weighted by molar-refractivity contribution is -0.131. The fourth-order valence-corrected chi connectivity index (χ4v) is 2.16. The smallest absolute Gasteiger partial charge is 0.244 e. The SMILES string of the molecule is CC(C(=O)N(C)C)n1c(N)nc2cc(F)c(Cl)cc21. The van der Waals surface area contributed by atoms with Crippen molar-refractivity contribution < 1.29 is 9.18 Å². The molecule has 5 nitrogen and oxygen atoms in total. The van der Waals surface area contributed by atoms with Crippen LogP contribution in [-0.4, -0.2) is 34.5 Å². The molecule has 7 heteroatoms. The van der Waals surface area contributed by atoms with E-state index in [4.69, 9.17) is 17.3 Å². The van der Waals surface area contributed by atoms with E-state index in [0.717, 1.165) is 0 Å². The molecule has 0 fully saturated rings. The Hall–Kier alpha value is -1.82. The summed E-state index contributed by atoms with van der Waals surface area (Å²) >= 11 is 5.76. The molecular weight excluding hydrogens is 271 g/mol. The molecular formula is C12H14ClFN4O. The van der Waals surface area contributed by atoms with Crippen molar-refractivity contribution in [2.24, 2.45) is 0 Å². The number of hydrogen-bond donors (Lipinski definition) is 1. The largest absolute Gasteiger partial charge is 0.369 e. The van der Waals surface area contributed by atoms with Crippen LogP contribution in [0.3, 0.4) is 0 Å². The Morgan fingerprint density at radius 3 is 2.74 bits per heavy atom. The lowest BCUT2D eigenvalue weighted by atomic mass is 10.2. The van der Waals surface area contributed by atoms with Gasteiger partial charge in [0.1, 0.15) is 11.9 Å². The minimum Gasteiger partial charge on any atom is -0.369 e. The van der Waals surface area contributed by atoms with Crippen molar-refractivity contribution in [3.63, 3.8) is 0 Å². The van der Waals surface area contributed by atoms with Gasteiger partial charge in [0.25, 0.3) is 0 Å². The summed E-state index contributed by atoms with van der Waals surface area (Å²) in [6.45, 7) is 1.71. The van der Waals surface area contributed by atoms with Crippen LogP contribution < -0.4 is 5.73 Å². The lowest BCUT2D eigenvalue weighted by Gasteiger charge is -2.19. The normalized spacial score (nSPS) is 12.7. The minimum atomic E-state index is -0.564. The molecule has 2 rings (SSSR count). The Bertz CT molecular complexity index is 653. The Labute approximate surface area is 114 Å². The van der Waals surface area contributed by atoms with Gasteiger partial charge >= 0.3 is 0 Å². The number of aromatic nitrogens is 2. The first-order valence-electron chi connectivity index (χ1n) is 5.66. The van der Waals surface area contributed by atoms with E-state index in [-0.39, 0.29) is 16.9 Å². The van der Waals surface area contributed by atoms with E-state index >= 15 is 0 Å². The predicted molar refractivity (Wildman–Crippen MR) is 72.5 cm³/mol. The highest BCUT2D eigenvalue weighted by molar-refractivity contribution is 6.31. The van der Waals surface area contributed by atoms with Crippen LogP contribution in [0.15, 0.2) is 12.1 Å². The quantitative estimate of drug-likeness (QED) is 0.918. The number of carbonyl (C=O) groups is 1. The number of amides is 1. The Kier molecular flexibility index (Phi) is 3.36. The van der Waals surface area contributed by atoms with Crippen molar-refractivity contribution in [3.05, 3.63) is 23.0 Å². The first kappa shape index (κ1) is 13.6. The minimum absolute atomic E-state index is 0.0295. The molecule has 0 aliphatic rings. The average molecular weight is 285 g/mol. The molecule has 2 N–H and O–H groups in total. The van der Waals surface area contributed by atoms with E-state index in [1.165, 1.54) is 17.0 Å². The molecule has 1 amide bonds. The second kappa shape index (κ2) is 4.70. The molecule has 1 aromatic carbocycles. The summed E-state index contributed by atoms with van der Waals surface area (Å²) in [5.74, 6) is -0.545. The van der Waals surface area contributed by atoms with E-state index < -0.39 is 11.9 Å². The van der Waals surface area contributed by atoms with Gasteiger partial charge in [0.15, 0.2) is 0 Å². The highest BCUT2D eigenvalue weighted by Gasteiger charge is 2.22. The molecule has 2 aromatic rings. The van der Waals surface area contributed by atoms with E-state index in [2.05, 4.69) is 4.98 Å². The van der Waals surface area contributed by atoms with Crippen LogP contribution in [-0.2, 0) is 4.79 Å². The summed E-state index contributed by atoms with van der Waals surface area (Å²) in [5, 5.41) is -0.0295. The summed E-state index contributed by atoms with van der Waals surface area (Å²) in [4.78, 5) is 17.5. The summed E-state index contributed by atoms with van der Waals surface area (Å²) in [7, 11) is 3.31. The zero-order chi connectivity index (χ0) is 14.3. The molecule has 102 valence electrons. The number of fused-ring (bicyclic) bond motifs is 1. The predicted octanol–water partition coefficient (Wildman–Crippen LogP) is 2.06. The number of likely N-dealkylation sites (N-methyl/N-ethyl adjacent to an activating group) is 1. The molecule has 1 atom stereocenters. The number of benzene rings is 1. The third-order valence-electron chi connectivity index (χ3n) is 2.94. The number of rotatable bonds is 2. The van der Waals surface area contributed by atoms with Crippen LogP contribution in [0, 0.1) is 5.82 Å². The van der Waals surface area contributed by atoms with Crippen molar-refractivity contribution in [1.29, 1.82) is 0 Å². The van der Waals surface area contributed by atoms with Gasteiger partial charge in [0.05, 0.1) is 16.1 Å². The Balaban J connectivity index is 2.63. The van der Waals surface area contributed by atoms with Crippen LogP contribution >= 0.6 is 11.6 Å². The first-order chi connectivity index (χ1) is 8.82. The molecule has 1 heterocycles. The maximum Gasteiger partial charge on any atom is 0.244 e. The van der Waals surface area contributed by atoms with E-state index in [1.807, 2.05) is 0 Å². The van der Waals surface area contributed by atoms with Crippen LogP contribution in [0.1, 0.15) is 13.0 Å². The van der Waals surface area contributed by atoms with Gasteiger partial charge in [-0.15, -0.1) is 0 Å². The second-order valence-corrected chi connectivity index (χ2v) is 4.91. The van der Waals surface area contributed by atoms with Crippen molar-refractivity contribution in [1.82, 2.24) is 14.5 Å². The highest BCUT2D eigenvalue weighted by Crippen LogP contribution is 2.28. The number of nitrogen functional groups attached to an aromatic ring is 1. The van der Waals surface area contributed by atoms with Crippen molar-refractivity contribution in [2.45, 2.75) is 13.0 Å². The molecule has 0 bridgehead atoms. The molecule has 0 aliphatic heterocycles. The van der Waals surface area contributed by atoms with Gasteiger partial charge in [0.2, 0.25) is 11.9 Å². The van der Waals surface area contributed by atoms with Gasteiger partial charge in [-0.2, -0.15) is 0 Å². The van der Waals surface area contributed by atoms with Gasteiger partial charge in [-0.3, -0.25) is 9.36 Å². The van der Waals surface area contributed by atoms with Gasteiger partial charge in [0, 0.05) is 20.2 Å². The van der Waals surface area contributed by atoms with Crippen molar-refractivity contribution in [3.8, 4) is 0 Å². The number of halogens is 2. The zero-order valence-electron chi connectivity index (χ0n) is 10.8. The van der Waals surface area contributed by atoms with E-state index in [1.54, 1.807) is 25.6 Å². The van der Waals surface area contributed by atoms with E-state index in [9.17, 15) is 9.18 Å². The van der Waals surface area contributed by atoms with Crippen LogP contribution in [0.25, 0.3) is 11.0 Å². The highest BCUT2D eigenvalue weighted by atomic mass is 35.5. The number of anilines is 1. The van der Waals surface area contributed by atoms with Gasteiger partial charge in [-0.1, -0.05) is 11.6 Å². The van der Waals surface area contributed by atoms with Gasteiger partial charge in [-0.25, -0.2) is 9.37 Å². The first-order valence-corrected chi connectivity index (χ1v) is 6.04. The monoisotopic (exact) mass is 284 g/mol. The lowest BCUT2D eigenvalue weighted by Crippen LogP contribution is -2.30. The van der Waals surface area contributed by atoms with Gasteiger partial charge in [-0.05, 0) is 13.0 Å². The number of hydrogen-bond acceptors (Lipinski definition) is 3. The molecule has 1 aromatic heterocycles. The standard InChI is InChI=1S/C12H14ClFN4O/c1-6(11(19)17(2)3)18-10-4-7(13)8(14)5-9(10)16-12(18)15/h4-6H,1-3H3,(H2,15,16). The number of nitrogens with two attached hydrogens (primary N) is 1. The number of imidazole rings is 1. The van der Waals surface area contributed by atoms with Crippen molar-refractivity contribution in [2.75, 3.05) is 19.8 Å². The molecule has 0 spiro atoms. The molecule has 0 saturated carbocycles. The summed E-state index contributed by atoms with van der Waals surface area (Å²) in [6.07, 6.45) is 0.